The highest BCUT2D eigenvalue weighted by molar-refractivity contribution is 14.0. The average molecular weight is 443 g/mol. The Morgan fingerprint density at radius 1 is 1.17 bits per heavy atom. The zero-order valence-corrected chi connectivity index (χ0v) is 16.4. The second-order valence-electron chi connectivity index (χ2n) is 5.92. The summed E-state index contributed by atoms with van der Waals surface area (Å²) >= 11 is 0. The SMILES string of the molecule is COc1ccc(NC(N)=NCC(C)(C)c2ccccc2F)cc1.I. The summed E-state index contributed by atoms with van der Waals surface area (Å²) in [5, 5.41) is 3.01. The number of hydrogen-bond acceptors (Lipinski definition) is 2. The lowest BCUT2D eigenvalue weighted by molar-refractivity contribution is 0.415. The Bertz CT molecular complexity index is 687. The van der Waals surface area contributed by atoms with Gasteiger partial charge in [-0.3, -0.25) is 4.99 Å². The molecular weight excluding hydrogens is 420 g/mol. The summed E-state index contributed by atoms with van der Waals surface area (Å²) in [6.45, 7) is 4.26. The van der Waals surface area contributed by atoms with Crippen molar-refractivity contribution in [3.63, 3.8) is 0 Å². The van der Waals surface area contributed by atoms with Crippen molar-refractivity contribution in [2.45, 2.75) is 19.3 Å². The molecule has 0 aliphatic heterocycles. The van der Waals surface area contributed by atoms with Crippen LogP contribution in [0.5, 0.6) is 5.75 Å². The van der Waals surface area contributed by atoms with E-state index in [4.69, 9.17) is 10.5 Å². The van der Waals surface area contributed by atoms with Gasteiger partial charge in [-0.1, -0.05) is 32.0 Å². The van der Waals surface area contributed by atoms with Crippen LogP contribution in [0.25, 0.3) is 0 Å². The molecule has 0 saturated heterocycles. The van der Waals surface area contributed by atoms with E-state index in [2.05, 4.69) is 10.3 Å². The van der Waals surface area contributed by atoms with Gasteiger partial charge in [0.2, 0.25) is 0 Å². The maximum absolute atomic E-state index is 13.9. The zero-order chi connectivity index (χ0) is 16.9. The number of nitrogens with one attached hydrogen (secondary N) is 1. The molecule has 0 radical (unpaired) electrons. The van der Waals surface area contributed by atoms with Gasteiger partial charge in [0, 0.05) is 11.1 Å². The fraction of sp³-hybridized carbons (Fsp3) is 0.278. The number of aliphatic imine (C=N–C) groups is 1. The Labute approximate surface area is 159 Å². The number of methoxy groups -OCH3 is 1. The smallest absolute Gasteiger partial charge is 0.193 e. The highest BCUT2D eigenvalue weighted by Gasteiger charge is 2.23. The molecule has 24 heavy (non-hydrogen) atoms. The highest BCUT2D eigenvalue weighted by Crippen LogP contribution is 2.26. The number of nitrogens with zero attached hydrogens (tertiary/aromatic N) is 1. The van der Waals surface area contributed by atoms with Gasteiger partial charge in [0.1, 0.15) is 11.6 Å². The van der Waals surface area contributed by atoms with Crippen molar-refractivity contribution in [1.82, 2.24) is 0 Å². The Morgan fingerprint density at radius 2 is 1.79 bits per heavy atom. The van der Waals surface area contributed by atoms with Crippen LogP contribution in [0.15, 0.2) is 53.5 Å². The third-order valence-electron chi connectivity index (χ3n) is 3.61. The van der Waals surface area contributed by atoms with Gasteiger partial charge in [-0.25, -0.2) is 4.39 Å². The molecule has 2 aromatic rings. The molecule has 0 aliphatic rings. The van der Waals surface area contributed by atoms with Crippen LogP contribution < -0.4 is 15.8 Å². The first-order chi connectivity index (χ1) is 10.9. The minimum atomic E-state index is -0.447. The van der Waals surface area contributed by atoms with Gasteiger partial charge in [0.15, 0.2) is 5.96 Å². The number of halogens is 2. The van der Waals surface area contributed by atoms with Crippen molar-refractivity contribution < 1.29 is 9.13 Å². The summed E-state index contributed by atoms with van der Waals surface area (Å²) in [7, 11) is 1.61. The van der Waals surface area contributed by atoms with E-state index in [-0.39, 0.29) is 29.8 Å². The molecule has 0 aliphatic carbocycles. The molecule has 0 saturated carbocycles. The van der Waals surface area contributed by atoms with Crippen LogP contribution in [0, 0.1) is 5.82 Å². The van der Waals surface area contributed by atoms with Gasteiger partial charge >= 0.3 is 0 Å². The molecule has 0 unspecified atom stereocenters. The van der Waals surface area contributed by atoms with E-state index in [1.807, 2.05) is 44.2 Å². The molecule has 130 valence electrons. The Kier molecular flexibility index (Phi) is 7.47. The number of nitrogens with two attached hydrogens (primary N) is 1. The van der Waals surface area contributed by atoms with Crippen molar-refractivity contribution in [1.29, 1.82) is 0 Å². The van der Waals surface area contributed by atoms with Crippen molar-refractivity contribution in [3.05, 3.63) is 59.9 Å². The van der Waals surface area contributed by atoms with Crippen LogP contribution in [0.2, 0.25) is 0 Å². The Morgan fingerprint density at radius 3 is 2.38 bits per heavy atom. The monoisotopic (exact) mass is 443 g/mol. The predicted molar refractivity (Wildman–Crippen MR) is 108 cm³/mol. The molecule has 0 spiro atoms. The summed E-state index contributed by atoms with van der Waals surface area (Å²) in [6.07, 6.45) is 0. The molecule has 4 nitrogen and oxygen atoms in total. The minimum Gasteiger partial charge on any atom is -0.497 e. The van der Waals surface area contributed by atoms with E-state index < -0.39 is 5.41 Å². The van der Waals surface area contributed by atoms with Crippen LogP contribution in [0.1, 0.15) is 19.4 Å². The average Bonchev–Trinajstić information content (AvgIpc) is 2.54. The van der Waals surface area contributed by atoms with Crippen LogP contribution in [-0.2, 0) is 5.41 Å². The van der Waals surface area contributed by atoms with Gasteiger partial charge in [-0.2, -0.15) is 0 Å². The molecule has 0 amide bonds. The lowest BCUT2D eigenvalue weighted by Gasteiger charge is -2.23. The topological polar surface area (TPSA) is 59.6 Å². The predicted octanol–water partition coefficient (Wildman–Crippen LogP) is 4.16. The van der Waals surface area contributed by atoms with E-state index in [0.717, 1.165) is 11.4 Å². The van der Waals surface area contributed by atoms with Crippen molar-refractivity contribution in [2.75, 3.05) is 19.0 Å². The summed E-state index contributed by atoms with van der Waals surface area (Å²) in [5.74, 6) is 0.834. The second kappa shape index (κ2) is 8.86. The maximum Gasteiger partial charge on any atom is 0.193 e. The quantitative estimate of drug-likeness (QED) is 0.415. The molecule has 0 atom stereocenters. The minimum absolute atomic E-state index is 0. The number of hydrogen-bond donors (Lipinski definition) is 2. The number of ether oxygens (including phenoxy) is 1. The first-order valence-corrected chi connectivity index (χ1v) is 7.38. The molecule has 2 aromatic carbocycles. The zero-order valence-electron chi connectivity index (χ0n) is 14.0. The van der Waals surface area contributed by atoms with Crippen molar-refractivity contribution >= 4 is 35.6 Å². The lowest BCUT2D eigenvalue weighted by atomic mass is 9.84. The molecule has 6 heteroatoms. The van der Waals surface area contributed by atoms with Gasteiger partial charge in [0.05, 0.1) is 13.7 Å². The summed E-state index contributed by atoms with van der Waals surface area (Å²) in [5.41, 5.74) is 6.91. The fourth-order valence-corrected chi connectivity index (χ4v) is 2.24. The number of anilines is 1. The summed E-state index contributed by atoms with van der Waals surface area (Å²) < 4.78 is 19.0. The third kappa shape index (κ3) is 5.36. The van der Waals surface area contributed by atoms with Crippen molar-refractivity contribution in [2.24, 2.45) is 10.7 Å². The number of rotatable bonds is 5. The second-order valence-corrected chi connectivity index (χ2v) is 5.92. The van der Waals surface area contributed by atoms with Crippen molar-refractivity contribution in [3.8, 4) is 5.75 Å². The van der Waals surface area contributed by atoms with Gasteiger partial charge in [0.25, 0.3) is 0 Å². The fourth-order valence-electron chi connectivity index (χ4n) is 2.24. The largest absolute Gasteiger partial charge is 0.497 e. The summed E-state index contributed by atoms with van der Waals surface area (Å²) in [4.78, 5) is 4.34. The molecule has 0 heterocycles. The van der Waals surface area contributed by atoms with Gasteiger partial charge < -0.3 is 15.8 Å². The number of benzene rings is 2. The normalized spacial score (nSPS) is 11.6. The molecular formula is C18H23FIN3O. The van der Waals surface area contributed by atoms with Gasteiger partial charge in [-0.05, 0) is 35.9 Å². The molecule has 3 N–H and O–H groups in total. The van der Waals surface area contributed by atoms with Crippen LogP contribution in [0.3, 0.4) is 0 Å². The summed E-state index contributed by atoms with van der Waals surface area (Å²) in [6, 6.07) is 14.1. The molecule has 0 bridgehead atoms. The first-order valence-electron chi connectivity index (χ1n) is 7.38. The van der Waals surface area contributed by atoms with E-state index in [0.29, 0.717) is 18.1 Å². The Hall–Kier alpha value is -1.83. The van der Waals surface area contributed by atoms with E-state index in [9.17, 15) is 4.39 Å². The van der Waals surface area contributed by atoms with Crippen LogP contribution in [0.4, 0.5) is 10.1 Å². The molecule has 0 aromatic heterocycles. The van der Waals surface area contributed by atoms with Gasteiger partial charge in [-0.15, -0.1) is 24.0 Å². The van der Waals surface area contributed by atoms with E-state index in [1.54, 1.807) is 19.2 Å². The van der Waals surface area contributed by atoms with E-state index in [1.165, 1.54) is 6.07 Å². The van der Waals surface area contributed by atoms with Crippen LogP contribution in [-0.4, -0.2) is 19.6 Å². The third-order valence-corrected chi connectivity index (χ3v) is 3.61. The molecule has 0 fully saturated rings. The highest BCUT2D eigenvalue weighted by atomic mass is 127. The number of guanidine groups is 1. The Balaban J connectivity index is 0.00000288. The first kappa shape index (κ1) is 20.2. The van der Waals surface area contributed by atoms with E-state index >= 15 is 0 Å². The lowest BCUT2D eigenvalue weighted by Crippen LogP contribution is -2.28. The maximum atomic E-state index is 13.9. The molecule has 2 rings (SSSR count). The standard InChI is InChI=1S/C18H22FN3O.HI/c1-18(2,15-6-4-5-7-16(15)19)12-21-17(20)22-13-8-10-14(23-3)11-9-13;/h4-11H,12H2,1-3H3,(H3,20,21,22);1H. The van der Waals surface area contributed by atoms with Crippen LogP contribution >= 0.6 is 24.0 Å².